The van der Waals surface area contributed by atoms with Crippen molar-refractivity contribution in [3.63, 3.8) is 0 Å². The Kier molecular flexibility index (Phi) is 5.77. The van der Waals surface area contributed by atoms with Gasteiger partial charge in [-0.05, 0) is 36.0 Å². The van der Waals surface area contributed by atoms with Crippen molar-refractivity contribution in [2.24, 2.45) is 11.8 Å². The average molecular weight is 327 g/mol. The van der Waals surface area contributed by atoms with Crippen molar-refractivity contribution in [1.82, 2.24) is 15.3 Å². The van der Waals surface area contributed by atoms with E-state index in [-0.39, 0.29) is 0 Å². The Morgan fingerprint density at radius 2 is 2.08 bits per heavy atom. The summed E-state index contributed by atoms with van der Waals surface area (Å²) in [6, 6.07) is 8.07. The molecule has 1 aliphatic heterocycles. The summed E-state index contributed by atoms with van der Waals surface area (Å²) in [5.41, 5.74) is 1.24. The van der Waals surface area contributed by atoms with Crippen LogP contribution >= 0.6 is 0 Å². The van der Waals surface area contributed by atoms with Gasteiger partial charge in [-0.25, -0.2) is 4.98 Å². The number of ether oxygens (including phenoxy) is 2. The van der Waals surface area contributed by atoms with E-state index in [2.05, 4.69) is 41.3 Å². The standard InChI is InChI=1S/C19H25N3O2/c1-14(2)19-16(7-10-23-19)12-21-11-15-3-5-17(6-4-15)24-18-13-20-8-9-22-18/h3-6,8-9,13-14,16,19,21H,7,10-12H2,1-2H3/t16-,19-/m1/s1. The van der Waals surface area contributed by atoms with Crippen molar-refractivity contribution in [2.75, 3.05) is 13.2 Å². The molecule has 1 saturated heterocycles. The van der Waals surface area contributed by atoms with Crippen LogP contribution in [0.3, 0.4) is 0 Å². The minimum Gasteiger partial charge on any atom is -0.438 e. The zero-order chi connectivity index (χ0) is 16.8. The minimum absolute atomic E-state index is 0.389. The first-order valence-electron chi connectivity index (χ1n) is 8.57. The molecule has 5 nitrogen and oxygen atoms in total. The van der Waals surface area contributed by atoms with Crippen LogP contribution < -0.4 is 10.1 Å². The second-order valence-electron chi connectivity index (χ2n) is 6.55. The van der Waals surface area contributed by atoms with Crippen molar-refractivity contribution in [1.29, 1.82) is 0 Å². The summed E-state index contributed by atoms with van der Waals surface area (Å²) in [5.74, 6) is 2.47. The van der Waals surface area contributed by atoms with Crippen LogP contribution in [0.25, 0.3) is 0 Å². The highest BCUT2D eigenvalue weighted by Crippen LogP contribution is 2.26. The predicted molar refractivity (Wildman–Crippen MR) is 92.9 cm³/mol. The molecule has 1 aromatic carbocycles. The second-order valence-corrected chi connectivity index (χ2v) is 6.55. The molecular formula is C19H25N3O2. The zero-order valence-electron chi connectivity index (χ0n) is 14.3. The zero-order valence-corrected chi connectivity index (χ0v) is 14.3. The van der Waals surface area contributed by atoms with Crippen molar-refractivity contribution in [3.05, 3.63) is 48.4 Å². The summed E-state index contributed by atoms with van der Waals surface area (Å²) in [6.45, 7) is 7.22. The number of rotatable bonds is 7. The van der Waals surface area contributed by atoms with E-state index in [1.807, 2.05) is 12.1 Å². The Morgan fingerprint density at radius 1 is 1.25 bits per heavy atom. The molecule has 0 amide bonds. The number of nitrogens with one attached hydrogen (secondary N) is 1. The molecule has 0 saturated carbocycles. The van der Waals surface area contributed by atoms with E-state index in [1.165, 1.54) is 5.56 Å². The molecule has 24 heavy (non-hydrogen) atoms. The maximum atomic E-state index is 5.83. The minimum atomic E-state index is 0.389. The van der Waals surface area contributed by atoms with Crippen LogP contribution in [-0.4, -0.2) is 29.2 Å². The van der Waals surface area contributed by atoms with Gasteiger partial charge in [0.25, 0.3) is 0 Å². The Morgan fingerprint density at radius 3 is 2.79 bits per heavy atom. The second kappa shape index (κ2) is 8.22. The van der Waals surface area contributed by atoms with Crippen molar-refractivity contribution in [3.8, 4) is 11.6 Å². The van der Waals surface area contributed by atoms with Gasteiger partial charge >= 0.3 is 0 Å². The highest BCUT2D eigenvalue weighted by molar-refractivity contribution is 5.29. The van der Waals surface area contributed by atoms with Crippen LogP contribution in [0.5, 0.6) is 11.6 Å². The van der Waals surface area contributed by atoms with Crippen molar-refractivity contribution >= 4 is 0 Å². The van der Waals surface area contributed by atoms with Crippen LogP contribution in [0.15, 0.2) is 42.9 Å². The molecule has 0 radical (unpaired) electrons. The lowest BCUT2D eigenvalue weighted by atomic mass is 9.93. The van der Waals surface area contributed by atoms with E-state index in [0.717, 1.165) is 31.9 Å². The van der Waals surface area contributed by atoms with Gasteiger partial charge < -0.3 is 14.8 Å². The number of nitrogens with zero attached hydrogens (tertiary/aromatic N) is 2. The SMILES string of the molecule is CC(C)[C@H]1OCC[C@@H]1CNCc1ccc(Oc2cnccn2)cc1. The Bertz CT molecular complexity index is 616. The number of hydrogen-bond donors (Lipinski definition) is 1. The Hall–Kier alpha value is -1.98. The first-order chi connectivity index (χ1) is 11.7. The first kappa shape index (κ1) is 16.9. The van der Waals surface area contributed by atoms with Crippen LogP contribution in [0.2, 0.25) is 0 Å². The molecule has 1 fully saturated rings. The molecule has 1 N–H and O–H groups in total. The summed E-state index contributed by atoms with van der Waals surface area (Å²) in [4.78, 5) is 8.09. The quantitative estimate of drug-likeness (QED) is 0.844. The fourth-order valence-corrected chi connectivity index (χ4v) is 3.15. The maximum Gasteiger partial charge on any atom is 0.237 e. The summed E-state index contributed by atoms with van der Waals surface area (Å²) in [6.07, 6.45) is 6.39. The smallest absolute Gasteiger partial charge is 0.237 e. The highest BCUT2D eigenvalue weighted by atomic mass is 16.5. The Balaban J connectivity index is 1.46. The fraction of sp³-hybridized carbons (Fsp3) is 0.474. The van der Waals surface area contributed by atoms with Gasteiger partial charge in [-0.3, -0.25) is 4.98 Å². The molecule has 5 heteroatoms. The van der Waals surface area contributed by atoms with Gasteiger partial charge in [-0.15, -0.1) is 0 Å². The molecule has 0 spiro atoms. The lowest BCUT2D eigenvalue weighted by molar-refractivity contribution is 0.0539. The summed E-state index contributed by atoms with van der Waals surface area (Å²) < 4.78 is 11.5. The highest BCUT2D eigenvalue weighted by Gasteiger charge is 2.29. The van der Waals surface area contributed by atoms with Crippen molar-refractivity contribution < 1.29 is 9.47 Å². The number of hydrogen-bond acceptors (Lipinski definition) is 5. The van der Waals surface area contributed by atoms with E-state index in [0.29, 0.717) is 23.8 Å². The normalized spacial score (nSPS) is 20.5. The first-order valence-corrected chi connectivity index (χ1v) is 8.57. The molecule has 1 aromatic heterocycles. The predicted octanol–water partition coefficient (Wildman–Crippen LogP) is 3.42. The molecule has 1 aliphatic rings. The lowest BCUT2D eigenvalue weighted by Crippen LogP contribution is -2.31. The molecule has 3 rings (SSSR count). The molecule has 2 heterocycles. The van der Waals surface area contributed by atoms with Crippen LogP contribution in [-0.2, 0) is 11.3 Å². The van der Waals surface area contributed by atoms with Gasteiger partial charge in [0.05, 0.1) is 12.3 Å². The molecule has 0 aliphatic carbocycles. The molecule has 2 atom stereocenters. The fourth-order valence-electron chi connectivity index (χ4n) is 3.15. The van der Waals surface area contributed by atoms with Crippen LogP contribution in [0, 0.1) is 11.8 Å². The van der Waals surface area contributed by atoms with Gasteiger partial charge in [0.15, 0.2) is 0 Å². The topological polar surface area (TPSA) is 56.3 Å². The van der Waals surface area contributed by atoms with E-state index in [9.17, 15) is 0 Å². The van der Waals surface area contributed by atoms with Gasteiger partial charge in [0.2, 0.25) is 5.88 Å². The van der Waals surface area contributed by atoms with Crippen LogP contribution in [0.4, 0.5) is 0 Å². The number of benzene rings is 1. The third-order valence-electron chi connectivity index (χ3n) is 4.34. The van der Waals surface area contributed by atoms with E-state index >= 15 is 0 Å². The van der Waals surface area contributed by atoms with E-state index in [1.54, 1.807) is 18.6 Å². The molecular weight excluding hydrogens is 302 g/mol. The molecule has 128 valence electrons. The monoisotopic (exact) mass is 327 g/mol. The van der Waals surface area contributed by atoms with Gasteiger partial charge in [0.1, 0.15) is 5.75 Å². The molecule has 2 aromatic rings. The third-order valence-corrected chi connectivity index (χ3v) is 4.34. The summed E-state index contributed by atoms with van der Waals surface area (Å²) in [5, 5.41) is 3.55. The van der Waals surface area contributed by atoms with Crippen molar-refractivity contribution in [2.45, 2.75) is 32.9 Å². The lowest BCUT2D eigenvalue weighted by Gasteiger charge is -2.22. The maximum absolute atomic E-state index is 5.83. The third kappa shape index (κ3) is 4.52. The largest absolute Gasteiger partial charge is 0.438 e. The Labute approximate surface area is 143 Å². The van der Waals surface area contributed by atoms with Crippen LogP contribution in [0.1, 0.15) is 25.8 Å². The van der Waals surface area contributed by atoms with Gasteiger partial charge in [-0.2, -0.15) is 0 Å². The molecule has 0 bridgehead atoms. The van der Waals surface area contributed by atoms with Gasteiger partial charge in [-0.1, -0.05) is 26.0 Å². The van der Waals surface area contributed by atoms with E-state index in [4.69, 9.17) is 9.47 Å². The van der Waals surface area contributed by atoms with E-state index < -0.39 is 0 Å². The average Bonchev–Trinajstić information content (AvgIpc) is 3.06. The van der Waals surface area contributed by atoms with Gasteiger partial charge in [0, 0.05) is 32.1 Å². The number of aromatic nitrogens is 2. The summed E-state index contributed by atoms with van der Waals surface area (Å²) >= 11 is 0. The summed E-state index contributed by atoms with van der Waals surface area (Å²) in [7, 11) is 0. The molecule has 0 unspecified atom stereocenters.